The fraction of sp³-hybridized carbons (Fsp3) is 0.400. The van der Waals surface area contributed by atoms with Crippen molar-refractivity contribution in [3.63, 3.8) is 0 Å². The minimum atomic E-state index is -4.71. The molecule has 20 heavy (non-hydrogen) atoms. The number of hydrogen-bond donors (Lipinski definition) is 2. The summed E-state index contributed by atoms with van der Waals surface area (Å²) in [5.74, 6) is -0.741. The zero-order chi connectivity index (χ0) is 14.7. The molecule has 0 heterocycles. The van der Waals surface area contributed by atoms with Crippen molar-refractivity contribution in [1.82, 2.24) is 0 Å². The van der Waals surface area contributed by atoms with Crippen LogP contribution in [-0.4, -0.2) is 33.1 Å². The Hall–Kier alpha value is -0.160. The minimum absolute atomic E-state index is 0. The van der Waals surface area contributed by atoms with E-state index in [4.69, 9.17) is 4.55 Å². The minimum Gasteiger partial charge on any atom is -1.00 e. The van der Waals surface area contributed by atoms with Gasteiger partial charge in [-0.15, -0.1) is 0 Å². The maximum Gasteiger partial charge on any atom is 1.00 e. The Morgan fingerprint density at radius 1 is 1.25 bits per heavy atom. The molecule has 0 aliphatic heterocycles. The second kappa shape index (κ2) is 7.74. The first-order chi connectivity index (χ1) is 8.68. The fourth-order valence-electron chi connectivity index (χ4n) is 1.24. The van der Waals surface area contributed by atoms with Gasteiger partial charge in [0.15, 0.2) is 0 Å². The van der Waals surface area contributed by atoms with Gasteiger partial charge < -0.3 is 6.53 Å². The molecule has 110 valence electrons. The molecular weight excluding hydrogens is 319 g/mol. The van der Waals surface area contributed by atoms with Gasteiger partial charge >= 0.3 is 29.6 Å². The summed E-state index contributed by atoms with van der Waals surface area (Å²) in [5, 5.41) is 9.28. The summed E-state index contributed by atoms with van der Waals surface area (Å²) in [6.07, 6.45) is 1.27. The molecule has 0 saturated carbocycles. The number of unbranched alkanes of at least 4 members (excludes halogenated alkanes) is 1. The molecule has 2 N–H and O–H groups in total. The summed E-state index contributed by atoms with van der Waals surface area (Å²) in [5.41, 5.74) is 0. The summed E-state index contributed by atoms with van der Waals surface area (Å²) in [6.45, 7) is 1.83. The zero-order valence-corrected chi connectivity index (χ0v) is 14.7. The molecule has 0 atom stereocenters. The van der Waals surface area contributed by atoms with E-state index in [1.165, 1.54) is 0 Å². The zero-order valence-electron chi connectivity index (χ0n) is 12.1. The van der Waals surface area contributed by atoms with Crippen LogP contribution in [0, 0.1) is 0 Å². The van der Waals surface area contributed by atoms with Gasteiger partial charge in [-0.25, -0.2) is 0 Å². The molecule has 0 saturated heterocycles. The van der Waals surface area contributed by atoms with Gasteiger partial charge in [-0.1, -0.05) is 13.3 Å². The van der Waals surface area contributed by atoms with Gasteiger partial charge in [0.2, 0.25) is 0 Å². The van der Waals surface area contributed by atoms with E-state index >= 15 is 0 Å². The van der Waals surface area contributed by atoms with Gasteiger partial charge in [0.05, 0.1) is 11.5 Å². The van der Waals surface area contributed by atoms with Crippen LogP contribution in [0.5, 0.6) is 5.75 Å². The van der Waals surface area contributed by atoms with Gasteiger partial charge in [-0.2, -0.15) is 16.8 Å². The number of phenols is 1. The van der Waals surface area contributed by atoms with Gasteiger partial charge in [-0.3, -0.25) is 8.74 Å². The molecule has 0 unspecified atom stereocenters. The first-order valence-electron chi connectivity index (χ1n) is 5.38. The molecule has 0 amide bonds. The summed E-state index contributed by atoms with van der Waals surface area (Å²) < 4.78 is 58.9. The Labute approximate surface area is 141 Å². The van der Waals surface area contributed by atoms with Crippen molar-refractivity contribution in [2.45, 2.75) is 29.6 Å². The van der Waals surface area contributed by atoms with Gasteiger partial charge in [-0.05, 0) is 24.6 Å². The predicted octanol–water partition coefficient (Wildman–Crippen LogP) is -1.74. The molecule has 0 aliphatic rings. The van der Waals surface area contributed by atoms with Gasteiger partial charge in [0.25, 0.3) is 20.2 Å². The largest absolute Gasteiger partial charge is 1.00 e. The third kappa shape index (κ3) is 5.32. The number of rotatable bonds is 6. The van der Waals surface area contributed by atoms with Crippen molar-refractivity contribution in [3.05, 3.63) is 18.2 Å². The standard InChI is InChI=1S/C10H14O7S2.Na.H/c1-2-3-6-17-19(15,16)8-4-5-9(11)10(7-8)18(12,13)14;;/h4-5,7,11H,2-3,6H2,1H3,(H,12,13,14);;/q;+1;-1. The molecule has 0 aliphatic carbocycles. The Morgan fingerprint density at radius 2 is 1.85 bits per heavy atom. The average molecular weight is 334 g/mol. The number of hydrogen-bond acceptors (Lipinski definition) is 6. The normalized spacial score (nSPS) is 11.9. The Bertz CT molecular complexity index is 658. The molecule has 0 aromatic heterocycles. The maximum atomic E-state index is 11.7. The average Bonchev–Trinajstić information content (AvgIpc) is 2.27. The molecule has 0 bridgehead atoms. The van der Waals surface area contributed by atoms with Crippen LogP contribution in [-0.2, 0) is 24.4 Å². The molecule has 0 spiro atoms. The quantitative estimate of drug-likeness (QED) is 0.274. The summed E-state index contributed by atoms with van der Waals surface area (Å²) >= 11 is 0. The van der Waals surface area contributed by atoms with Crippen LogP contribution in [0.15, 0.2) is 28.0 Å². The monoisotopic (exact) mass is 334 g/mol. The second-order valence-electron chi connectivity index (χ2n) is 3.73. The van der Waals surface area contributed by atoms with Crippen LogP contribution < -0.4 is 29.6 Å². The molecule has 0 fully saturated rings. The number of phenolic OH excluding ortho intramolecular Hbond substituents is 1. The third-order valence-corrected chi connectivity index (χ3v) is 4.43. The van der Waals surface area contributed by atoms with E-state index in [0.717, 1.165) is 18.6 Å². The molecule has 10 heteroatoms. The molecular formula is C10H15NaO7S2. The Balaban J connectivity index is 0. The smallest absolute Gasteiger partial charge is 1.00 e. The first kappa shape index (κ1) is 19.8. The van der Waals surface area contributed by atoms with Crippen LogP contribution in [0.1, 0.15) is 21.2 Å². The second-order valence-corrected chi connectivity index (χ2v) is 6.74. The number of aromatic hydroxyl groups is 1. The summed E-state index contributed by atoms with van der Waals surface area (Å²) in [4.78, 5) is -1.33. The fourth-order valence-corrected chi connectivity index (χ4v) is 2.89. The number of benzene rings is 1. The van der Waals surface area contributed by atoms with Crippen molar-refractivity contribution >= 4 is 20.2 Å². The topological polar surface area (TPSA) is 118 Å². The van der Waals surface area contributed by atoms with E-state index in [9.17, 15) is 21.9 Å². The molecule has 7 nitrogen and oxygen atoms in total. The predicted molar refractivity (Wildman–Crippen MR) is 67.1 cm³/mol. The van der Waals surface area contributed by atoms with E-state index in [0.29, 0.717) is 12.5 Å². The van der Waals surface area contributed by atoms with Crippen molar-refractivity contribution in [3.8, 4) is 5.75 Å². The van der Waals surface area contributed by atoms with Crippen LogP contribution >= 0.6 is 0 Å². The van der Waals surface area contributed by atoms with Gasteiger partial charge in [0.1, 0.15) is 10.6 Å². The first-order valence-corrected chi connectivity index (χ1v) is 8.23. The summed E-state index contributed by atoms with van der Waals surface area (Å²) in [7, 11) is -8.83. The van der Waals surface area contributed by atoms with E-state index in [2.05, 4.69) is 4.18 Å². The maximum absolute atomic E-state index is 11.7. The van der Waals surface area contributed by atoms with Crippen LogP contribution in [0.25, 0.3) is 0 Å². The van der Waals surface area contributed by atoms with E-state index < -0.39 is 35.8 Å². The van der Waals surface area contributed by atoms with Crippen molar-refractivity contribution in [1.29, 1.82) is 0 Å². The van der Waals surface area contributed by atoms with Crippen LogP contribution in [0.3, 0.4) is 0 Å². The SMILES string of the molecule is CCCCOS(=O)(=O)c1ccc(O)c(S(=O)(=O)O)c1.[H-].[Na+]. The van der Waals surface area contributed by atoms with Crippen LogP contribution in [0.2, 0.25) is 0 Å². The van der Waals surface area contributed by atoms with Crippen LogP contribution in [0.4, 0.5) is 0 Å². The summed E-state index contributed by atoms with van der Waals surface area (Å²) in [6, 6.07) is 2.50. The van der Waals surface area contributed by atoms with Crippen molar-refractivity contribution in [2.24, 2.45) is 0 Å². The van der Waals surface area contributed by atoms with E-state index in [1.54, 1.807) is 0 Å². The third-order valence-electron chi connectivity index (χ3n) is 2.23. The molecule has 1 rings (SSSR count). The Morgan fingerprint density at radius 3 is 2.35 bits per heavy atom. The molecule has 1 aromatic rings. The van der Waals surface area contributed by atoms with Crippen molar-refractivity contribution < 1.29 is 61.7 Å². The van der Waals surface area contributed by atoms with Crippen molar-refractivity contribution in [2.75, 3.05) is 6.61 Å². The van der Waals surface area contributed by atoms with Gasteiger partial charge in [0, 0.05) is 0 Å². The molecule has 0 radical (unpaired) electrons. The van der Waals surface area contributed by atoms with E-state index in [-0.39, 0.29) is 37.6 Å². The van der Waals surface area contributed by atoms with E-state index in [1.807, 2.05) is 6.92 Å². The Kier molecular flexibility index (Phi) is 7.67. The molecule has 1 aromatic carbocycles.